The van der Waals surface area contributed by atoms with E-state index in [0.29, 0.717) is 23.4 Å². The van der Waals surface area contributed by atoms with Crippen LogP contribution < -0.4 is 0 Å². The molecule has 3 aromatic rings. The van der Waals surface area contributed by atoms with Gasteiger partial charge in [0.15, 0.2) is 5.82 Å². The topological polar surface area (TPSA) is 59.2 Å². The van der Waals surface area contributed by atoms with Gasteiger partial charge in [0.05, 0.1) is 11.3 Å². The smallest absolute Gasteiger partial charge is 0.254 e. The van der Waals surface area contributed by atoms with Gasteiger partial charge in [0, 0.05) is 18.0 Å². The van der Waals surface area contributed by atoms with Crippen LogP contribution >= 0.6 is 11.8 Å². The Bertz CT molecular complexity index is 934. The molecule has 2 aromatic carbocycles. The molecule has 28 heavy (non-hydrogen) atoms. The first-order valence-corrected chi connectivity index (χ1v) is 10.5. The minimum Gasteiger partial charge on any atom is -0.339 e. The molecule has 1 fully saturated rings. The summed E-state index contributed by atoms with van der Waals surface area (Å²) in [6.45, 7) is 3.38. The maximum Gasteiger partial charge on any atom is 0.254 e. The highest BCUT2D eigenvalue weighted by molar-refractivity contribution is 7.98. The van der Waals surface area contributed by atoms with E-state index in [0.717, 1.165) is 36.4 Å². The summed E-state index contributed by atoms with van der Waals surface area (Å²) in [5.74, 6) is 2.41. The molecule has 0 unspecified atom stereocenters. The van der Waals surface area contributed by atoms with Crippen LogP contribution in [0, 0.1) is 6.92 Å². The van der Waals surface area contributed by atoms with Gasteiger partial charge >= 0.3 is 0 Å². The Kier molecular flexibility index (Phi) is 5.76. The zero-order valence-electron chi connectivity index (χ0n) is 15.9. The number of aromatic nitrogens is 2. The highest BCUT2D eigenvalue weighted by Gasteiger charge is 2.25. The number of likely N-dealkylation sites (tertiary alicyclic amines) is 1. The van der Waals surface area contributed by atoms with Gasteiger partial charge < -0.3 is 9.42 Å². The quantitative estimate of drug-likeness (QED) is 0.589. The molecule has 1 saturated heterocycles. The highest BCUT2D eigenvalue weighted by atomic mass is 32.2. The molecule has 0 atom stereocenters. The Morgan fingerprint density at radius 3 is 2.54 bits per heavy atom. The molecule has 0 bridgehead atoms. The van der Waals surface area contributed by atoms with Crippen molar-refractivity contribution in [3.05, 3.63) is 77.4 Å². The van der Waals surface area contributed by atoms with Crippen LogP contribution in [0.3, 0.4) is 0 Å². The lowest BCUT2D eigenvalue weighted by molar-refractivity contribution is 0.0709. The van der Waals surface area contributed by atoms with E-state index < -0.39 is 0 Å². The van der Waals surface area contributed by atoms with E-state index in [9.17, 15) is 4.79 Å². The van der Waals surface area contributed by atoms with Crippen molar-refractivity contribution in [2.45, 2.75) is 36.3 Å². The fourth-order valence-corrected chi connectivity index (χ4v) is 4.50. The number of hydrogen-bond donors (Lipinski definition) is 0. The number of nitrogens with zero attached hydrogens (tertiary/aromatic N) is 3. The van der Waals surface area contributed by atoms with Crippen LogP contribution in [0.4, 0.5) is 0 Å². The summed E-state index contributed by atoms with van der Waals surface area (Å²) < 4.78 is 5.18. The molecule has 0 N–H and O–H groups in total. The third kappa shape index (κ3) is 4.28. The molecule has 0 radical (unpaired) electrons. The third-order valence-electron chi connectivity index (χ3n) is 5.09. The fourth-order valence-electron chi connectivity index (χ4n) is 3.62. The SMILES string of the molecule is Cc1noc(CSc2ccccc2C(=O)N2CCC(c3ccccc3)CC2)n1. The summed E-state index contributed by atoms with van der Waals surface area (Å²) in [6.07, 6.45) is 2.01. The summed E-state index contributed by atoms with van der Waals surface area (Å²) in [5.41, 5.74) is 2.13. The zero-order valence-corrected chi connectivity index (χ0v) is 16.7. The van der Waals surface area contributed by atoms with Crippen LogP contribution in [-0.4, -0.2) is 34.0 Å². The summed E-state index contributed by atoms with van der Waals surface area (Å²) >= 11 is 1.56. The van der Waals surface area contributed by atoms with Crippen molar-refractivity contribution in [3.63, 3.8) is 0 Å². The normalized spacial score (nSPS) is 15.0. The fraction of sp³-hybridized carbons (Fsp3) is 0.318. The van der Waals surface area contributed by atoms with Gasteiger partial charge in [0.2, 0.25) is 5.89 Å². The number of amides is 1. The number of aryl methyl sites for hydroxylation is 1. The number of benzene rings is 2. The summed E-state index contributed by atoms with van der Waals surface area (Å²) in [7, 11) is 0. The average molecular weight is 394 g/mol. The lowest BCUT2D eigenvalue weighted by Crippen LogP contribution is -2.38. The first-order valence-electron chi connectivity index (χ1n) is 9.56. The van der Waals surface area contributed by atoms with Crippen molar-refractivity contribution in [1.82, 2.24) is 15.0 Å². The Labute approximate surface area is 169 Å². The molecule has 1 aliphatic rings. The maximum atomic E-state index is 13.1. The molecule has 2 heterocycles. The third-order valence-corrected chi connectivity index (χ3v) is 6.15. The number of carbonyl (C=O) groups is 1. The Morgan fingerprint density at radius 2 is 1.82 bits per heavy atom. The second kappa shape index (κ2) is 8.61. The number of piperidine rings is 1. The van der Waals surface area contributed by atoms with Crippen molar-refractivity contribution < 1.29 is 9.32 Å². The maximum absolute atomic E-state index is 13.1. The van der Waals surface area contributed by atoms with E-state index >= 15 is 0 Å². The average Bonchev–Trinajstić information content (AvgIpc) is 3.18. The van der Waals surface area contributed by atoms with E-state index in [2.05, 4.69) is 34.4 Å². The molecule has 6 heteroatoms. The second-order valence-electron chi connectivity index (χ2n) is 7.00. The molecule has 0 aliphatic carbocycles. The molecular formula is C22H23N3O2S. The van der Waals surface area contributed by atoms with Crippen LogP contribution in [-0.2, 0) is 5.75 Å². The van der Waals surface area contributed by atoms with E-state index in [1.165, 1.54) is 5.56 Å². The van der Waals surface area contributed by atoms with Gasteiger partial charge in [-0.1, -0.05) is 47.6 Å². The molecule has 1 aromatic heterocycles. The van der Waals surface area contributed by atoms with Crippen LogP contribution in [0.15, 0.2) is 64.0 Å². The predicted octanol–water partition coefficient (Wildman–Crippen LogP) is 4.69. The van der Waals surface area contributed by atoms with Crippen molar-refractivity contribution >= 4 is 17.7 Å². The summed E-state index contributed by atoms with van der Waals surface area (Å²) in [6, 6.07) is 18.4. The number of thioether (sulfide) groups is 1. The zero-order chi connectivity index (χ0) is 19.3. The van der Waals surface area contributed by atoms with Crippen LogP contribution in [0.25, 0.3) is 0 Å². The van der Waals surface area contributed by atoms with Crippen molar-refractivity contribution in [2.75, 3.05) is 13.1 Å². The molecule has 0 spiro atoms. The number of hydrogen-bond acceptors (Lipinski definition) is 5. The predicted molar refractivity (Wildman–Crippen MR) is 109 cm³/mol. The van der Waals surface area contributed by atoms with Gasteiger partial charge in [-0.2, -0.15) is 4.98 Å². The van der Waals surface area contributed by atoms with Crippen LogP contribution in [0.5, 0.6) is 0 Å². The van der Waals surface area contributed by atoms with E-state index in [1.807, 2.05) is 35.2 Å². The molecule has 4 rings (SSSR count). The molecular weight excluding hydrogens is 370 g/mol. The standard InChI is InChI=1S/C22H23N3O2S/c1-16-23-21(27-24-16)15-28-20-10-6-5-9-19(20)22(26)25-13-11-18(12-14-25)17-7-3-2-4-8-17/h2-10,18H,11-15H2,1H3. The van der Waals surface area contributed by atoms with Crippen LogP contribution in [0.1, 0.15) is 46.4 Å². The minimum atomic E-state index is 0.108. The van der Waals surface area contributed by atoms with E-state index in [1.54, 1.807) is 18.7 Å². The molecule has 0 saturated carbocycles. The van der Waals surface area contributed by atoms with Crippen molar-refractivity contribution in [3.8, 4) is 0 Å². The van der Waals surface area contributed by atoms with Gasteiger partial charge in [-0.05, 0) is 43.4 Å². The van der Waals surface area contributed by atoms with E-state index in [-0.39, 0.29) is 5.91 Å². The number of carbonyl (C=O) groups excluding carboxylic acids is 1. The van der Waals surface area contributed by atoms with Gasteiger partial charge in [-0.15, -0.1) is 11.8 Å². The Hall–Kier alpha value is -2.60. The lowest BCUT2D eigenvalue weighted by atomic mass is 9.89. The largest absolute Gasteiger partial charge is 0.339 e. The van der Waals surface area contributed by atoms with Gasteiger partial charge in [-0.25, -0.2) is 0 Å². The number of rotatable bonds is 5. The minimum absolute atomic E-state index is 0.108. The molecule has 1 amide bonds. The highest BCUT2D eigenvalue weighted by Crippen LogP contribution is 2.31. The van der Waals surface area contributed by atoms with E-state index in [4.69, 9.17) is 4.52 Å². The Balaban J connectivity index is 1.41. The monoisotopic (exact) mass is 393 g/mol. The summed E-state index contributed by atoms with van der Waals surface area (Å²) in [5, 5.41) is 3.82. The lowest BCUT2D eigenvalue weighted by Gasteiger charge is -2.32. The van der Waals surface area contributed by atoms with Gasteiger partial charge in [0.25, 0.3) is 5.91 Å². The Morgan fingerprint density at radius 1 is 1.11 bits per heavy atom. The first-order chi connectivity index (χ1) is 13.7. The van der Waals surface area contributed by atoms with Crippen LogP contribution in [0.2, 0.25) is 0 Å². The summed E-state index contributed by atoms with van der Waals surface area (Å²) in [4.78, 5) is 20.3. The first kappa shape index (κ1) is 18.7. The van der Waals surface area contributed by atoms with Crippen molar-refractivity contribution in [2.24, 2.45) is 0 Å². The van der Waals surface area contributed by atoms with Crippen molar-refractivity contribution in [1.29, 1.82) is 0 Å². The molecule has 144 valence electrons. The molecule has 1 aliphatic heterocycles. The van der Waals surface area contributed by atoms with Gasteiger partial charge in [-0.3, -0.25) is 4.79 Å². The molecule has 5 nitrogen and oxygen atoms in total. The second-order valence-corrected chi connectivity index (χ2v) is 8.01. The van der Waals surface area contributed by atoms with Gasteiger partial charge in [0.1, 0.15) is 0 Å².